The Kier molecular flexibility index (Phi) is 1.49. The normalized spacial score (nSPS) is 70.2. The summed E-state index contributed by atoms with van der Waals surface area (Å²) in [5.74, 6) is 1.45. The maximum Gasteiger partial charge on any atom is 0.0667 e. The lowest BCUT2D eigenvalue weighted by atomic mass is 9.47. The van der Waals surface area contributed by atoms with Crippen LogP contribution < -0.4 is 0 Å². The van der Waals surface area contributed by atoms with Gasteiger partial charge in [-0.2, -0.15) is 0 Å². The number of aliphatic hydroxyl groups is 2. The summed E-state index contributed by atoms with van der Waals surface area (Å²) in [6, 6.07) is 0. The largest absolute Gasteiger partial charge is 0.393 e. The molecular weight excluding hydrogens is 212 g/mol. The quantitative estimate of drug-likeness (QED) is 0.677. The highest BCUT2D eigenvalue weighted by Gasteiger charge is 2.93. The summed E-state index contributed by atoms with van der Waals surface area (Å²) in [5, 5.41) is 21.3. The Labute approximate surface area is 103 Å². The Morgan fingerprint density at radius 2 is 1.71 bits per heavy atom. The molecule has 17 heavy (non-hydrogen) atoms. The van der Waals surface area contributed by atoms with Gasteiger partial charge in [-0.1, -0.05) is 27.7 Å². The zero-order chi connectivity index (χ0) is 12.4. The number of aliphatic hydroxyl groups excluding tert-OH is 2. The van der Waals surface area contributed by atoms with Gasteiger partial charge < -0.3 is 10.2 Å². The number of hydrogen-bond acceptors (Lipinski definition) is 2. The molecule has 4 bridgehead atoms. The summed E-state index contributed by atoms with van der Waals surface area (Å²) in [6.07, 6.45) is 2.73. The van der Waals surface area contributed by atoms with E-state index in [2.05, 4.69) is 27.7 Å². The van der Waals surface area contributed by atoms with Crippen LogP contribution in [-0.4, -0.2) is 22.4 Å². The number of hydrogen-bond donors (Lipinski definition) is 2. The van der Waals surface area contributed by atoms with Crippen molar-refractivity contribution in [2.24, 2.45) is 33.5 Å². The zero-order valence-corrected chi connectivity index (χ0v) is 11.3. The second-order valence-corrected chi connectivity index (χ2v) is 8.22. The molecule has 0 aromatic carbocycles. The minimum atomic E-state index is -0.245. The van der Waals surface area contributed by atoms with E-state index in [-0.39, 0.29) is 33.9 Å². The van der Waals surface area contributed by atoms with Gasteiger partial charge >= 0.3 is 0 Å². The van der Waals surface area contributed by atoms with Crippen LogP contribution in [-0.2, 0) is 0 Å². The second kappa shape index (κ2) is 2.34. The van der Waals surface area contributed by atoms with Crippen molar-refractivity contribution in [2.45, 2.75) is 59.2 Å². The first kappa shape index (κ1) is 10.8. The zero-order valence-electron chi connectivity index (χ0n) is 11.3. The Bertz CT molecular complexity index is 417. The molecule has 1 spiro atoms. The maximum atomic E-state index is 10.9. The van der Waals surface area contributed by atoms with E-state index in [9.17, 15) is 10.2 Å². The molecule has 0 amide bonds. The molecule has 0 aromatic rings. The summed E-state index contributed by atoms with van der Waals surface area (Å²) in [6.45, 7) is 9.06. The SMILES string of the molecule is CC1(C)[C@@H](O)CC[C@]2(C)[C@H]3C4C[C@@]12[C@@H](O)[C@]43C. The molecule has 0 saturated heterocycles. The molecule has 2 heteroatoms. The van der Waals surface area contributed by atoms with Crippen molar-refractivity contribution in [3.63, 3.8) is 0 Å². The van der Waals surface area contributed by atoms with Crippen LogP contribution in [0.1, 0.15) is 47.0 Å². The molecule has 5 saturated carbocycles. The third kappa shape index (κ3) is 0.689. The van der Waals surface area contributed by atoms with Crippen LogP contribution in [0.4, 0.5) is 0 Å². The predicted molar refractivity (Wildman–Crippen MR) is 65.3 cm³/mol. The predicted octanol–water partition coefficient (Wildman–Crippen LogP) is 2.19. The van der Waals surface area contributed by atoms with Gasteiger partial charge in [0.2, 0.25) is 0 Å². The lowest BCUT2D eigenvalue weighted by molar-refractivity contribution is -0.181. The van der Waals surface area contributed by atoms with E-state index in [0.717, 1.165) is 31.1 Å². The van der Waals surface area contributed by atoms with Gasteiger partial charge in [-0.3, -0.25) is 0 Å². The summed E-state index contributed by atoms with van der Waals surface area (Å²) >= 11 is 0. The highest BCUT2D eigenvalue weighted by Crippen LogP contribution is 2.94. The highest BCUT2D eigenvalue weighted by molar-refractivity contribution is 5.40. The molecular formula is C15H24O2. The van der Waals surface area contributed by atoms with Crippen molar-refractivity contribution < 1.29 is 10.2 Å². The van der Waals surface area contributed by atoms with Gasteiger partial charge in [-0.05, 0) is 41.9 Å². The minimum absolute atomic E-state index is 0.0260. The van der Waals surface area contributed by atoms with Crippen molar-refractivity contribution in [3.8, 4) is 0 Å². The van der Waals surface area contributed by atoms with Gasteiger partial charge in [0.25, 0.3) is 0 Å². The van der Waals surface area contributed by atoms with Gasteiger partial charge in [0.05, 0.1) is 12.2 Å². The molecule has 5 rings (SSSR count). The molecule has 5 aliphatic carbocycles. The third-order valence-electron chi connectivity index (χ3n) is 7.99. The summed E-state index contributed by atoms with van der Waals surface area (Å²) < 4.78 is 0. The van der Waals surface area contributed by atoms with Crippen molar-refractivity contribution in [2.75, 3.05) is 0 Å². The smallest absolute Gasteiger partial charge is 0.0667 e. The second-order valence-electron chi connectivity index (χ2n) is 8.22. The Balaban J connectivity index is 1.96. The van der Waals surface area contributed by atoms with Crippen LogP contribution in [0.25, 0.3) is 0 Å². The number of rotatable bonds is 0. The first-order valence-electron chi connectivity index (χ1n) is 7.11. The van der Waals surface area contributed by atoms with E-state index in [1.807, 2.05) is 0 Å². The van der Waals surface area contributed by atoms with Crippen LogP contribution in [0.5, 0.6) is 0 Å². The fourth-order valence-corrected chi connectivity index (χ4v) is 7.10. The third-order valence-corrected chi connectivity index (χ3v) is 7.99. The topological polar surface area (TPSA) is 40.5 Å². The van der Waals surface area contributed by atoms with Gasteiger partial charge in [0.1, 0.15) is 0 Å². The molecule has 0 aromatic heterocycles. The monoisotopic (exact) mass is 236 g/mol. The first-order chi connectivity index (χ1) is 7.74. The average molecular weight is 236 g/mol. The van der Waals surface area contributed by atoms with E-state index < -0.39 is 0 Å². The molecule has 2 N–H and O–H groups in total. The lowest BCUT2D eigenvalue weighted by Gasteiger charge is -2.59. The van der Waals surface area contributed by atoms with E-state index in [4.69, 9.17) is 0 Å². The fourth-order valence-electron chi connectivity index (χ4n) is 7.10. The van der Waals surface area contributed by atoms with Crippen LogP contribution >= 0.6 is 0 Å². The molecule has 0 aliphatic heterocycles. The molecule has 5 aliphatic rings. The summed E-state index contributed by atoms with van der Waals surface area (Å²) in [5.41, 5.74) is 0.285. The maximum absolute atomic E-state index is 10.9. The van der Waals surface area contributed by atoms with Crippen LogP contribution in [0.3, 0.4) is 0 Å². The van der Waals surface area contributed by atoms with Gasteiger partial charge in [0.15, 0.2) is 0 Å². The van der Waals surface area contributed by atoms with Crippen molar-refractivity contribution in [1.82, 2.24) is 0 Å². The Hall–Kier alpha value is -0.0800. The first-order valence-corrected chi connectivity index (χ1v) is 7.11. The minimum Gasteiger partial charge on any atom is -0.393 e. The van der Waals surface area contributed by atoms with E-state index >= 15 is 0 Å². The summed E-state index contributed by atoms with van der Waals surface area (Å²) in [7, 11) is 0. The Morgan fingerprint density at radius 1 is 1.06 bits per heavy atom. The van der Waals surface area contributed by atoms with Crippen LogP contribution in [0.15, 0.2) is 0 Å². The molecule has 0 heterocycles. The highest BCUT2D eigenvalue weighted by atomic mass is 16.3. The van der Waals surface area contributed by atoms with E-state index in [1.54, 1.807) is 0 Å². The van der Waals surface area contributed by atoms with Gasteiger partial charge in [-0.25, -0.2) is 0 Å². The van der Waals surface area contributed by atoms with Crippen molar-refractivity contribution in [3.05, 3.63) is 0 Å². The molecule has 7 atom stereocenters. The summed E-state index contributed by atoms with van der Waals surface area (Å²) in [4.78, 5) is 0. The fraction of sp³-hybridized carbons (Fsp3) is 1.00. The van der Waals surface area contributed by atoms with Crippen LogP contribution in [0, 0.1) is 33.5 Å². The molecule has 1 unspecified atom stereocenters. The van der Waals surface area contributed by atoms with E-state index in [1.165, 1.54) is 0 Å². The van der Waals surface area contributed by atoms with Crippen LogP contribution in [0.2, 0.25) is 0 Å². The molecule has 0 radical (unpaired) electrons. The molecule has 96 valence electrons. The molecule has 2 nitrogen and oxygen atoms in total. The van der Waals surface area contributed by atoms with Gasteiger partial charge in [-0.15, -0.1) is 0 Å². The lowest BCUT2D eigenvalue weighted by Crippen LogP contribution is -2.59. The average Bonchev–Trinajstić information content (AvgIpc) is 2.53. The van der Waals surface area contributed by atoms with Gasteiger partial charge in [0, 0.05) is 10.8 Å². The Morgan fingerprint density at radius 3 is 2.24 bits per heavy atom. The van der Waals surface area contributed by atoms with Crippen molar-refractivity contribution >= 4 is 0 Å². The van der Waals surface area contributed by atoms with Crippen molar-refractivity contribution in [1.29, 1.82) is 0 Å². The standard InChI is InChI=1S/C15H24O2/c1-12(2)9(16)5-6-13(3)10-8-7-15(12,13)11(17)14(8,10)4/h8-11,16-17H,5-7H2,1-4H3/t8?,9-,10+,11-,13+,14+,15+/m0/s1. The van der Waals surface area contributed by atoms with E-state index in [0.29, 0.717) is 0 Å². The molecule has 5 fully saturated rings.